The van der Waals surface area contributed by atoms with Gasteiger partial charge in [-0.2, -0.15) is 0 Å². The van der Waals surface area contributed by atoms with Gasteiger partial charge in [-0.3, -0.25) is 13.9 Å². The summed E-state index contributed by atoms with van der Waals surface area (Å²) in [5, 5.41) is 2.97. The Hall–Kier alpha value is -3.72. The number of hydrogen-bond acceptors (Lipinski definition) is 4. The number of carbonyl (C=O) groups excluding carboxylic acids is 2. The van der Waals surface area contributed by atoms with Crippen LogP contribution in [0.25, 0.3) is 0 Å². The number of anilines is 1. The van der Waals surface area contributed by atoms with E-state index in [0.29, 0.717) is 12.1 Å². The number of benzene rings is 3. The van der Waals surface area contributed by atoms with Gasteiger partial charge in [0.25, 0.3) is 0 Å². The summed E-state index contributed by atoms with van der Waals surface area (Å²) in [6.45, 7) is 6.95. The maximum atomic E-state index is 14.9. The zero-order chi connectivity index (χ0) is 30.2. The van der Waals surface area contributed by atoms with E-state index < -0.39 is 34.3 Å². The molecule has 0 aliphatic carbocycles. The molecule has 3 rings (SSSR count). The van der Waals surface area contributed by atoms with Crippen LogP contribution in [0.2, 0.25) is 0 Å². The standard InChI is InChI=1S/C32H40FN3O4S/c1-6-24(4)34-32(38)30(20-25-14-8-7-9-15-25)35(21-26-16-10-12-18-28(26)33)31(37)22-36(41(5,39)40)29-19-13-11-17-27(29)23(2)3/h7-19,23-24,30H,6,20-22H2,1-5H3,(H,34,38)/t24-,30-/m0/s1. The molecule has 0 radical (unpaired) electrons. The Morgan fingerprint density at radius 2 is 1.51 bits per heavy atom. The van der Waals surface area contributed by atoms with Crippen molar-refractivity contribution < 1.29 is 22.4 Å². The van der Waals surface area contributed by atoms with Gasteiger partial charge in [-0.15, -0.1) is 0 Å². The number of para-hydroxylation sites is 1. The van der Waals surface area contributed by atoms with Crippen molar-refractivity contribution in [3.05, 3.63) is 101 Å². The molecule has 41 heavy (non-hydrogen) atoms. The molecule has 7 nitrogen and oxygen atoms in total. The minimum absolute atomic E-state index is 0.00721. The van der Waals surface area contributed by atoms with Crippen LogP contribution in [-0.4, -0.2) is 50.0 Å². The van der Waals surface area contributed by atoms with E-state index in [0.717, 1.165) is 21.7 Å². The van der Waals surface area contributed by atoms with E-state index in [-0.39, 0.29) is 36.4 Å². The fourth-order valence-electron chi connectivity index (χ4n) is 4.60. The Morgan fingerprint density at radius 1 is 0.902 bits per heavy atom. The van der Waals surface area contributed by atoms with Crippen LogP contribution in [0.4, 0.5) is 10.1 Å². The Bertz CT molecular complexity index is 1430. The minimum atomic E-state index is -3.90. The van der Waals surface area contributed by atoms with E-state index in [2.05, 4.69) is 5.32 Å². The largest absolute Gasteiger partial charge is 0.352 e. The van der Waals surface area contributed by atoms with Gasteiger partial charge >= 0.3 is 0 Å². The number of amides is 2. The van der Waals surface area contributed by atoms with Crippen LogP contribution in [-0.2, 0) is 32.6 Å². The van der Waals surface area contributed by atoms with Crippen LogP contribution in [0.5, 0.6) is 0 Å². The Kier molecular flexibility index (Phi) is 11.1. The molecule has 0 saturated heterocycles. The van der Waals surface area contributed by atoms with Crippen LogP contribution in [0.1, 0.15) is 56.7 Å². The predicted octanol–water partition coefficient (Wildman–Crippen LogP) is 5.27. The van der Waals surface area contributed by atoms with Gasteiger partial charge < -0.3 is 10.2 Å². The van der Waals surface area contributed by atoms with Gasteiger partial charge in [0.15, 0.2) is 0 Å². The molecule has 2 amide bonds. The van der Waals surface area contributed by atoms with Crippen LogP contribution >= 0.6 is 0 Å². The van der Waals surface area contributed by atoms with Crippen molar-refractivity contribution in [1.29, 1.82) is 0 Å². The van der Waals surface area contributed by atoms with Crippen molar-refractivity contribution in [3.8, 4) is 0 Å². The number of hydrogen-bond donors (Lipinski definition) is 1. The third-order valence-corrected chi connectivity index (χ3v) is 8.20. The summed E-state index contributed by atoms with van der Waals surface area (Å²) < 4.78 is 42.1. The van der Waals surface area contributed by atoms with Crippen molar-refractivity contribution in [2.75, 3.05) is 17.1 Å². The first-order valence-electron chi connectivity index (χ1n) is 13.9. The van der Waals surface area contributed by atoms with E-state index in [1.54, 1.807) is 30.3 Å². The average Bonchev–Trinajstić information content (AvgIpc) is 2.94. The summed E-state index contributed by atoms with van der Waals surface area (Å²) in [6, 6.07) is 21.2. The molecule has 0 saturated carbocycles. The zero-order valence-electron chi connectivity index (χ0n) is 24.4. The van der Waals surface area contributed by atoms with Crippen LogP contribution in [0.3, 0.4) is 0 Å². The van der Waals surface area contributed by atoms with Crippen LogP contribution < -0.4 is 9.62 Å². The first-order chi connectivity index (χ1) is 19.4. The van der Waals surface area contributed by atoms with Crippen molar-refractivity contribution in [2.45, 2.75) is 65.1 Å². The van der Waals surface area contributed by atoms with Crippen molar-refractivity contribution in [2.24, 2.45) is 0 Å². The molecule has 220 valence electrons. The number of carbonyl (C=O) groups is 2. The normalized spacial score (nSPS) is 13.0. The highest BCUT2D eigenvalue weighted by Crippen LogP contribution is 2.29. The smallest absolute Gasteiger partial charge is 0.244 e. The summed E-state index contributed by atoms with van der Waals surface area (Å²) in [7, 11) is -3.90. The number of halogens is 1. The van der Waals surface area contributed by atoms with E-state index in [4.69, 9.17) is 0 Å². The molecule has 0 aromatic heterocycles. The lowest BCUT2D eigenvalue weighted by molar-refractivity contribution is -0.140. The van der Waals surface area contributed by atoms with Crippen molar-refractivity contribution in [3.63, 3.8) is 0 Å². The molecule has 1 N–H and O–H groups in total. The highest BCUT2D eigenvalue weighted by atomic mass is 32.2. The molecule has 0 aliphatic rings. The van der Waals surface area contributed by atoms with Gasteiger partial charge in [-0.1, -0.05) is 87.5 Å². The third-order valence-electron chi connectivity index (χ3n) is 7.08. The first kappa shape index (κ1) is 31.8. The van der Waals surface area contributed by atoms with Crippen LogP contribution in [0, 0.1) is 5.82 Å². The Labute approximate surface area is 243 Å². The molecular formula is C32H40FN3O4S. The molecule has 3 aromatic carbocycles. The van der Waals surface area contributed by atoms with Crippen molar-refractivity contribution in [1.82, 2.24) is 10.2 Å². The lowest BCUT2D eigenvalue weighted by atomic mass is 10.0. The number of nitrogens with one attached hydrogen (secondary N) is 1. The topological polar surface area (TPSA) is 86.8 Å². The van der Waals surface area contributed by atoms with Crippen LogP contribution in [0.15, 0.2) is 78.9 Å². The number of sulfonamides is 1. The summed E-state index contributed by atoms with van der Waals surface area (Å²) in [5.41, 5.74) is 2.20. The quantitative estimate of drug-likeness (QED) is 0.298. The lowest BCUT2D eigenvalue weighted by Crippen LogP contribution is -2.54. The molecule has 0 fully saturated rings. The summed E-state index contributed by atoms with van der Waals surface area (Å²) in [4.78, 5) is 29.2. The highest BCUT2D eigenvalue weighted by molar-refractivity contribution is 7.92. The van der Waals surface area contributed by atoms with Gasteiger partial charge in [0.2, 0.25) is 21.8 Å². The first-order valence-corrected chi connectivity index (χ1v) is 15.7. The Morgan fingerprint density at radius 3 is 2.12 bits per heavy atom. The Balaban J connectivity index is 2.11. The molecule has 0 unspecified atom stereocenters. The molecule has 3 aromatic rings. The van der Waals surface area contributed by atoms with E-state index in [1.165, 1.54) is 11.0 Å². The lowest BCUT2D eigenvalue weighted by Gasteiger charge is -2.34. The summed E-state index contributed by atoms with van der Waals surface area (Å²) >= 11 is 0. The fraction of sp³-hybridized carbons (Fsp3) is 0.375. The average molecular weight is 582 g/mol. The van der Waals surface area contributed by atoms with Gasteiger partial charge in [0.1, 0.15) is 18.4 Å². The second kappa shape index (κ2) is 14.3. The maximum Gasteiger partial charge on any atom is 0.244 e. The maximum absolute atomic E-state index is 14.9. The fourth-order valence-corrected chi connectivity index (χ4v) is 5.47. The van der Waals surface area contributed by atoms with Gasteiger partial charge in [0, 0.05) is 24.6 Å². The van der Waals surface area contributed by atoms with E-state index >= 15 is 0 Å². The molecule has 0 aliphatic heterocycles. The minimum Gasteiger partial charge on any atom is -0.352 e. The molecule has 2 atom stereocenters. The molecular weight excluding hydrogens is 541 g/mol. The van der Waals surface area contributed by atoms with E-state index in [9.17, 15) is 22.4 Å². The van der Waals surface area contributed by atoms with Gasteiger partial charge in [-0.25, -0.2) is 12.8 Å². The van der Waals surface area contributed by atoms with Gasteiger partial charge in [0.05, 0.1) is 11.9 Å². The van der Waals surface area contributed by atoms with Crippen molar-refractivity contribution >= 4 is 27.5 Å². The molecule has 9 heteroatoms. The third kappa shape index (κ3) is 8.63. The second-order valence-corrected chi connectivity index (χ2v) is 12.5. The second-order valence-electron chi connectivity index (χ2n) is 10.6. The summed E-state index contributed by atoms with van der Waals surface area (Å²) in [5.74, 6) is -1.53. The SMILES string of the molecule is CC[C@H](C)NC(=O)[C@H](Cc1ccccc1)N(Cc1ccccc1F)C(=O)CN(c1ccccc1C(C)C)S(C)(=O)=O. The monoisotopic (exact) mass is 581 g/mol. The molecule has 0 heterocycles. The number of rotatable bonds is 13. The zero-order valence-corrected chi connectivity index (χ0v) is 25.2. The predicted molar refractivity (Wildman–Crippen MR) is 162 cm³/mol. The highest BCUT2D eigenvalue weighted by Gasteiger charge is 2.34. The van der Waals surface area contributed by atoms with Gasteiger partial charge in [-0.05, 0) is 42.5 Å². The molecule has 0 spiro atoms. The molecule has 0 bridgehead atoms. The number of nitrogens with zero attached hydrogens (tertiary/aromatic N) is 2. The van der Waals surface area contributed by atoms with E-state index in [1.807, 2.05) is 70.2 Å². The summed E-state index contributed by atoms with van der Waals surface area (Å²) in [6.07, 6.45) is 1.90.